The van der Waals surface area contributed by atoms with Crippen LogP contribution in [0.1, 0.15) is 52.4 Å². The summed E-state index contributed by atoms with van der Waals surface area (Å²) in [6.07, 6.45) is 5.41. The van der Waals surface area contributed by atoms with Crippen molar-refractivity contribution in [3.63, 3.8) is 0 Å². The average molecular weight is 240 g/mol. The number of halogens is 1. The number of rotatable bonds is 10. The quantitative estimate of drug-likeness (QED) is 0.417. The first-order valence-electron chi connectivity index (χ1n) is 5.71. The fourth-order valence-corrected chi connectivity index (χ4v) is 1.86. The molecule has 0 aromatic carbocycles. The normalized spacial score (nSPS) is 11.9. The number of unbranched alkanes of at least 4 members (excludes halogenated alkanes) is 4. The van der Waals surface area contributed by atoms with Gasteiger partial charge in [0.25, 0.3) is 0 Å². The predicted octanol–water partition coefficient (Wildman–Crippen LogP) is 4.48. The molecule has 0 aromatic heterocycles. The highest BCUT2D eigenvalue weighted by Crippen LogP contribution is 2.50. The minimum atomic E-state index is -4.27. The lowest BCUT2D eigenvalue weighted by molar-refractivity contribution is 0.169. The van der Waals surface area contributed by atoms with Gasteiger partial charge in [-0.15, -0.1) is 4.20 Å². The summed E-state index contributed by atoms with van der Waals surface area (Å²) in [5, 5.41) is 0. The lowest BCUT2D eigenvalue weighted by Gasteiger charge is -2.09. The van der Waals surface area contributed by atoms with E-state index in [4.69, 9.17) is 0 Å². The highest BCUT2D eigenvalue weighted by Gasteiger charge is 2.22. The van der Waals surface area contributed by atoms with Crippen molar-refractivity contribution in [1.29, 1.82) is 0 Å². The van der Waals surface area contributed by atoms with Crippen LogP contribution in [0.2, 0.25) is 0 Å². The molecule has 92 valence electrons. The minimum Gasteiger partial charge on any atom is -0.284 e. The van der Waals surface area contributed by atoms with E-state index in [1.807, 2.05) is 13.8 Å². The van der Waals surface area contributed by atoms with Crippen molar-refractivity contribution in [3.8, 4) is 0 Å². The Morgan fingerprint density at radius 3 is 1.67 bits per heavy atom. The van der Waals surface area contributed by atoms with Gasteiger partial charge < -0.3 is 0 Å². The van der Waals surface area contributed by atoms with E-state index in [-0.39, 0.29) is 13.2 Å². The molecule has 0 aliphatic heterocycles. The molecule has 0 radical (unpaired) electrons. The molecule has 0 saturated carbocycles. The first-order chi connectivity index (χ1) is 7.12. The topological polar surface area (TPSA) is 35.5 Å². The summed E-state index contributed by atoms with van der Waals surface area (Å²) in [5.41, 5.74) is 0. The van der Waals surface area contributed by atoms with Gasteiger partial charge in [-0.1, -0.05) is 39.5 Å². The van der Waals surface area contributed by atoms with Crippen LogP contribution in [-0.4, -0.2) is 13.2 Å². The molecular formula is C10H22FO3P. The maximum Gasteiger partial charge on any atom is 0.513 e. The molecule has 0 aromatic rings. The molecule has 3 nitrogen and oxygen atoms in total. The van der Waals surface area contributed by atoms with Gasteiger partial charge in [0.2, 0.25) is 0 Å². The molecule has 0 aliphatic rings. The van der Waals surface area contributed by atoms with Crippen molar-refractivity contribution >= 4 is 7.91 Å². The zero-order valence-electron chi connectivity index (χ0n) is 9.71. The zero-order chi connectivity index (χ0) is 11.6. The summed E-state index contributed by atoms with van der Waals surface area (Å²) < 4.78 is 33.2. The Bertz CT molecular complexity index is 172. The van der Waals surface area contributed by atoms with Crippen molar-refractivity contribution in [1.82, 2.24) is 0 Å². The standard InChI is InChI=1S/C10H22FO3P/c1-3-5-7-9-13-15(11,12)14-10-8-6-4-2/h3-10H2,1-2H3. The van der Waals surface area contributed by atoms with Gasteiger partial charge >= 0.3 is 7.91 Å². The van der Waals surface area contributed by atoms with Gasteiger partial charge in [-0.3, -0.25) is 9.05 Å². The van der Waals surface area contributed by atoms with Crippen molar-refractivity contribution in [2.75, 3.05) is 13.2 Å². The van der Waals surface area contributed by atoms with Gasteiger partial charge in [-0.05, 0) is 12.8 Å². The molecule has 0 aliphatic carbocycles. The van der Waals surface area contributed by atoms with Gasteiger partial charge in [0, 0.05) is 0 Å². The third-order valence-electron chi connectivity index (χ3n) is 1.99. The Morgan fingerprint density at radius 1 is 0.933 bits per heavy atom. The smallest absolute Gasteiger partial charge is 0.284 e. The molecule has 0 spiro atoms. The molecule has 0 rings (SSSR count). The van der Waals surface area contributed by atoms with Crippen molar-refractivity contribution < 1.29 is 17.8 Å². The van der Waals surface area contributed by atoms with E-state index < -0.39 is 7.91 Å². The number of hydrogen-bond donors (Lipinski definition) is 0. The number of hydrogen-bond acceptors (Lipinski definition) is 3. The van der Waals surface area contributed by atoms with Crippen molar-refractivity contribution in [2.45, 2.75) is 52.4 Å². The van der Waals surface area contributed by atoms with Crippen LogP contribution in [0.15, 0.2) is 0 Å². The largest absolute Gasteiger partial charge is 0.513 e. The van der Waals surface area contributed by atoms with Crippen molar-refractivity contribution in [2.24, 2.45) is 0 Å². The van der Waals surface area contributed by atoms with Gasteiger partial charge in [0.15, 0.2) is 0 Å². The predicted molar refractivity (Wildman–Crippen MR) is 59.7 cm³/mol. The summed E-state index contributed by atoms with van der Waals surface area (Å²) in [5.74, 6) is 0. The average Bonchev–Trinajstić information content (AvgIpc) is 2.20. The first kappa shape index (κ1) is 15.1. The summed E-state index contributed by atoms with van der Waals surface area (Å²) in [4.78, 5) is 0. The second-order valence-electron chi connectivity index (χ2n) is 3.51. The van der Waals surface area contributed by atoms with Crippen LogP contribution in [0.5, 0.6) is 0 Å². The third kappa shape index (κ3) is 10.4. The molecule has 15 heavy (non-hydrogen) atoms. The van der Waals surface area contributed by atoms with Gasteiger partial charge in [-0.2, -0.15) is 0 Å². The summed E-state index contributed by atoms with van der Waals surface area (Å²) in [6.45, 7) is 4.43. The van der Waals surface area contributed by atoms with Crippen LogP contribution in [0.25, 0.3) is 0 Å². The Balaban J connectivity index is 3.45. The van der Waals surface area contributed by atoms with Gasteiger partial charge in [-0.25, -0.2) is 4.57 Å². The van der Waals surface area contributed by atoms with Crippen LogP contribution >= 0.6 is 7.91 Å². The van der Waals surface area contributed by atoms with E-state index in [1.54, 1.807) is 0 Å². The molecular weight excluding hydrogens is 218 g/mol. The molecule has 0 saturated heterocycles. The van der Waals surface area contributed by atoms with E-state index in [0.717, 1.165) is 38.5 Å². The van der Waals surface area contributed by atoms with Gasteiger partial charge in [0.05, 0.1) is 13.2 Å². The molecule has 0 unspecified atom stereocenters. The Kier molecular flexibility index (Phi) is 9.37. The van der Waals surface area contributed by atoms with Crippen LogP contribution in [0.4, 0.5) is 4.20 Å². The van der Waals surface area contributed by atoms with Gasteiger partial charge in [0.1, 0.15) is 0 Å². The van der Waals surface area contributed by atoms with E-state index in [1.165, 1.54) is 0 Å². The molecule has 0 atom stereocenters. The SMILES string of the molecule is CCCCCOP(=O)(F)OCCCCC. The molecule has 0 N–H and O–H groups in total. The van der Waals surface area contributed by atoms with E-state index in [2.05, 4.69) is 9.05 Å². The maximum absolute atomic E-state index is 13.1. The van der Waals surface area contributed by atoms with E-state index >= 15 is 0 Å². The van der Waals surface area contributed by atoms with Crippen molar-refractivity contribution in [3.05, 3.63) is 0 Å². The molecule has 0 fully saturated rings. The highest BCUT2D eigenvalue weighted by molar-refractivity contribution is 7.48. The molecule has 0 amide bonds. The fourth-order valence-electron chi connectivity index (χ4n) is 1.09. The Morgan fingerprint density at radius 2 is 1.33 bits per heavy atom. The molecule has 5 heteroatoms. The first-order valence-corrected chi connectivity index (χ1v) is 7.14. The van der Waals surface area contributed by atoms with E-state index in [9.17, 15) is 8.76 Å². The summed E-state index contributed by atoms with van der Waals surface area (Å²) >= 11 is 0. The lowest BCUT2D eigenvalue weighted by atomic mass is 10.3. The third-order valence-corrected chi connectivity index (χ3v) is 2.97. The van der Waals surface area contributed by atoms with E-state index in [0.29, 0.717) is 0 Å². The second-order valence-corrected chi connectivity index (χ2v) is 4.89. The van der Waals surface area contributed by atoms with Crippen LogP contribution in [-0.2, 0) is 13.6 Å². The minimum absolute atomic E-state index is 0.176. The lowest BCUT2D eigenvalue weighted by Crippen LogP contribution is -1.96. The van der Waals surface area contributed by atoms with Crippen LogP contribution in [0, 0.1) is 0 Å². The highest BCUT2D eigenvalue weighted by atomic mass is 31.2. The summed E-state index contributed by atoms with van der Waals surface area (Å²) in [6, 6.07) is 0. The Hall–Kier alpha value is 0.0800. The fraction of sp³-hybridized carbons (Fsp3) is 1.00. The Labute approximate surface area is 92.0 Å². The zero-order valence-corrected chi connectivity index (χ0v) is 10.6. The molecule has 0 heterocycles. The summed E-state index contributed by atoms with van der Waals surface area (Å²) in [7, 11) is -4.27. The van der Waals surface area contributed by atoms with Crippen LogP contribution in [0.3, 0.4) is 0 Å². The second kappa shape index (κ2) is 9.32. The monoisotopic (exact) mass is 240 g/mol. The molecule has 0 bridgehead atoms. The van der Waals surface area contributed by atoms with Crippen LogP contribution < -0.4 is 0 Å². The maximum atomic E-state index is 13.1.